The van der Waals surface area contributed by atoms with Crippen molar-refractivity contribution in [3.8, 4) is 0 Å². The lowest BCUT2D eigenvalue weighted by atomic mass is 10.1. The van der Waals surface area contributed by atoms with Crippen LogP contribution in [0.15, 0.2) is 18.2 Å². The van der Waals surface area contributed by atoms with Crippen molar-refractivity contribution in [3.05, 3.63) is 29.3 Å². The summed E-state index contributed by atoms with van der Waals surface area (Å²) < 4.78 is 0. The Morgan fingerprint density at radius 2 is 1.94 bits per heavy atom. The van der Waals surface area contributed by atoms with Gasteiger partial charge in [-0.25, -0.2) is 4.79 Å². The van der Waals surface area contributed by atoms with Crippen molar-refractivity contribution in [1.29, 1.82) is 0 Å². The molecule has 3 amide bonds. The summed E-state index contributed by atoms with van der Waals surface area (Å²) in [4.78, 5) is 22.6. The number of anilines is 1. The van der Waals surface area contributed by atoms with Gasteiger partial charge in [-0.15, -0.1) is 0 Å². The Hall–Kier alpha value is -2.04. The topological polar surface area (TPSA) is 84.2 Å². The number of amides is 3. The summed E-state index contributed by atoms with van der Waals surface area (Å²) >= 11 is 0. The van der Waals surface area contributed by atoms with Gasteiger partial charge < -0.3 is 16.4 Å². The Kier molecular flexibility index (Phi) is 4.71. The summed E-state index contributed by atoms with van der Waals surface area (Å²) in [6.07, 6.45) is 0.486. The van der Waals surface area contributed by atoms with E-state index in [2.05, 4.69) is 10.6 Å². The maximum absolute atomic E-state index is 11.9. The lowest BCUT2D eigenvalue weighted by Gasteiger charge is -2.15. The highest BCUT2D eigenvalue weighted by Gasteiger charge is 2.17. The molecular weight excluding hydrogens is 230 g/mol. The zero-order chi connectivity index (χ0) is 13.7. The van der Waals surface area contributed by atoms with E-state index in [1.165, 1.54) is 0 Å². The lowest BCUT2D eigenvalue weighted by molar-refractivity contribution is -0.118. The lowest BCUT2D eigenvalue weighted by Crippen LogP contribution is -2.45. The van der Waals surface area contributed by atoms with Gasteiger partial charge in [0.1, 0.15) is 6.04 Å². The van der Waals surface area contributed by atoms with Gasteiger partial charge in [0.05, 0.1) is 0 Å². The molecule has 18 heavy (non-hydrogen) atoms. The molecule has 0 saturated heterocycles. The summed E-state index contributed by atoms with van der Waals surface area (Å²) in [7, 11) is 0. The molecule has 0 saturated carbocycles. The summed E-state index contributed by atoms with van der Waals surface area (Å²) in [6.45, 7) is 5.79. The highest BCUT2D eigenvalue weighted by atomic mass is 16.2. The number of nitrogens with one attached hydrogen (secondary N) is 2. The molecule has 5 nitrogen and oxygen atoms in total. The summed E-state index contributed by atoms with van der Waals surface area (Å²) in [6, 6.07) is 4.36. The molecule has 0 radical (unpaired) electrons. The van der Waals surface area contributed by atoms with E-state index in [4.69, 9.17) is 5.73 Å². The first-order chi connectivity index (χ1) is 8.43. The molecule has 0 aliphatic rings. The number of hydrogen-bond acceptors (Lipinski definition) is 2. The molecule has 1 aromatic rings. The Balaban J connectivity index is 2.73. The van der Waals surface area contributed by atoms with Crippen LogP contribution in [0.3, 0.4) is 0 Å². The van der Waals surface area contributed by atoms with Crippen molar-refractivity contribution in [3.63, 3.8) is 0 Å². The van der Waals surface area contributed by atoms with Crippen LogP contribution in [0.25, 0.3) is 0 Å². The van der Waals surface area contributed by atoms with E-state index in [-0.39, 0.29) is 5.91 Å². The molecule has 4 N–H and O–H groups in total. The maximum Gasteiger partial charge on any atom is 0.312 e. The van der Waals surface area contributed by atoms with Gasteiger partial charge in [0.2, 0.25) is 5.91 Å². The van der Waals surface area contributed by atoms with Crippen LogP contribution in [0.5, 0.6) is 0 Å². The molecule has 0 heterocycles. The van der Waals surface area contributed by atoms with Crippen LogP contribution in [0.4, 0.5) is 10.5 Å². The van der Waals surface area contributed by atoms with Crippen LogP contribution in [-0.4, -0.2) is 18.0 Å². The van der Waals surface area contributed by atoms with Gasteiger partial charge in [-0.3, -0.25) is 4.79 Å². The molecule has 0 aromatic heterocycles. The Morgan fingerprint density at radius 1 is 1.28 bits per heavy atom. The van der Waals surface area contributed by atoms with Crippen molar-refractivity contribution in [2.75, 3.05) is 5.32 Å². The largest absolute Gasteiger partial charge is 0.352 e. The van der Waals surface area contributed by atoms with Crippen molar-refractivity contribution >= 4 is 17.6 Å². The van der Waals surface area contributed by atoms with Crippen molar-refractivity contribution in [2.24, 2.45) is 5.73 Å². The Bertz CT molecular complexity index is 458. The number of carbonyl (C=O) groups excluding carboxylic acids is 2. The van der Waals surface area contributed by atoms with Crippen LogP contribution in [0.1, 0.15) is 24.5 Å². The van der Waals surface area contributed by atoms with E-state index < -0.39 is 12.1 Å². The molecule has 0 spiro atoms. The third-order valence-corrected chi connectivity index (χ3v) is 2.82. The molecule has 0 aliphatic carbocycles. The van der Waals surface area contributed by atoms with E-state index in [1.54, 1.807) is 6.92 Å². The standard InChI is InChI=1S/C13H19N3O2/c1-4-11(16-13(14)18)12(17)15-10-6-5-8(2)9(3)7-10/h5-7,11H,4H2,1-3H3,(H,15,17)(H3,14,16,18). The zero-order valence-electron chi connectivity index (χ0n) is 10.9. The monoisotopic (exact) mass is 249 g/mol. The second-order valence-corrected chi connectivity index (χ2v) is 4.26. The van der Waals surface area contributed by atoms with Crippen molar-refractivity contribution in [1.82, 2.24) is 5.32 Å². The van der Waals surface area contributed by atoms with Crippen LogP contribution in [0.2, 0.25) is 0 Å². The van der Waals surface area contributed by atoms with E-state index in [0.717, 1.165) is 11.1 Å². The van der Waals surface area contributed by atoms with Crippen molar-refractivity contribution < 1.29 is 9.59 Å². The van der Waals surface area contributed by atoms with E-state index in [0.29, 0.717) is 12.1 Å². The first kappa shape index (κ1) is 14.0. The fourth-order valence-electron chi connectivity index (χ4n) is 1.57. The average molecular weight is 249 g/mol. The van der Waals surface area contributed by atoms with Gasteiger partial charge in [-0.2, -0.15) is 0 Å². The van der Waals surface area contributed by atoms with Crippen LogP contribution >= 0.6 is 0 Å². The first-order valence-corrected chi connectivity index (χ1v) is 5.88. The van der Waals surface area contributed by atoms with E-state index >= 15 is 0 Å². The van der Waals surface area contributed by atoms with Gasteiger partial charge in [0.25, 0.3) is 0 Å². The third kappa shape index (κ3) is 3.76. The number of rotatable bonds is 4. The number of nitrogens with two attached hydrogens (primary N) is 1. The molecule has 1 aromatic carbocycles. The van der Waals surface area contributed by atoms with Gasteiger partial charge in [0.15, 0.2) is 0 Å². The number of urea groups is 1. The quantitative estimate of drug-likeness (QED) is 0.758. The fraction of sp³-hybridized carbons (Fsp3) is 0.385. The number of primary amides is 1. The van der Waals surface area contributed by atoms with Crippen molar-refractivity contribution in [2.45, 2.75) is 33.2 Å². The third-order valence-electron chi connectivity index (χ3n) is 2.82. The predicted molar refractivity (Wildman–Crippen MR) is 71.3 cm³/mol. The van der Waals surface area contributed by atoms with Gasteiger partial charge in [-0.1, -0.05) is 13.0 Å². The first-order valence-electron chi connectivity index (χ1n) is 5.88. The summed E-state index contributed by atoms with van der Waals surface area (Å²) in [5.74, 6) is -0.264. The minimum atomic E-state index is -0.697. The summed E-state index contributed by atoms with van der Waals surface area (Å²) in [5.41, 5.74) is 7.99. The SMILES string of the molecule is CCC(NC(N)=O)C(=O)Nc1ccc(C)c(C)c1. The van der Waals surface area contributed by atoms with Crippen LogP contribution < -0.4 is 16.4 Å². The number of aryl methyl sites for hydroxylation is 2. The minimum Gasteiger partial charge on any atom is -0.352 e. The van der Waals surface area contributed by atoms with Crippen LogP contribution in [-0.2, 0) is 4.79 Å². The number of carbonyl (C=O) groups is 2. The molecule has 1 unspecified atom stereocenters. The molecule has 5 heteroatoms. The second kappa shape index (κ2) is 6.05. The molecule has 98 valence electrons. The highest BCUT2D eigenvalue weighted by molar-refractivity contribution is 5.96. The second-order valence-electron chi connectivity index (χ2n) is 4.26. The minimum absolute atomic E-state index is 0.264. The molecule has 1 atom stereocenters. The predicted octanol–water partition coefficient (Wildman–Crippen LogP) is 1.69. The Labute approximate surface area is 107 Å². The average Bonchev–Trinajstić information content (AvgIpc) is 2.30. The number of benzene rings is 1. The maximum atomic E-state index is 11.9. The van der Waals surface area contributed by atoms with Gasteiger partial charge in [0, 0.05) is 5.69 Å². The molecular formula is C13H19N3O2. The van der Waals surface area contributed by atoms with E-state index in [9.17, 15) is 9.59 Å². The Morgan fingerprint density at radius 3 is 2.44 bits per heavy atom. The van der Waals surface area contributed by atoms with E-state index in [1.807, 2.05) is 32.0 Å². The molecule has 0 bridgehead atoms. The highest BCUT2D eigenvalue weighted by Crippen LogP contribution is 2.14. The number of hydrogen-bond donors (Lipinski definition) is 3. The van der Waals surface area contributed by atoms with Gasteiger partial charge in [-0.05, 0) is 43.5 Å². The molecule has 1 rings (SSSR count). The summed E-state index contributed by atoms with van der Waals surface area (Å²) in [5, 5.41) is 5.16. The normalized spacial score (nSPS) is 11.7. The van der Waals surface area contributed by atoms with Gasteiger partial charge >= 0.3 is 6.03 Å². The zero-order valence-corrected chi connectivity index (χ0v) is 10.9. The smallest absolute Gasteiger partial charge is 0.312 e. The van der Waals surface area contributed by atoms with Crippen LogP contribution in [0, 0.1) is 13.8 Å². The molecule has 0 fully saturated rings. The fourth-order valence-corrected chi connectivity index (χ4v) is 1.57. The molecule has 0 aliphatic heterocycles.